The van der Waals surface area contributed by atoms with Gasteiger partial charge in [0.2, 0.25) is 0 Å². The van der Waals surface area contributed by atoms with Gasteiger partial charge in [-0.2, -0.15) is 0 Å². The molecule has 4 heteroatoms. The molecule has 2 aromatic rings. The maximum absolute atomic E-state index is 13.1. The molecule has 2 rings (SSSR count). The van der Waals surface area contributed by atoms with Gasteiger partial charge in [-0.1, -0.05) is 18.2 Å². The molecule has 0 aliphatic carbocycles. The molecule has 1 atom stereocenters. The molecule has 0 radical (unpaired) electrons. The minimum Gasteiger partial charge on any atom is -0.396 e. The maximum atomic E-state index is 13.1. The fourth-order valence-corrected chi connectivity index (χ4v) is 2.04. The van der Waals surface area contributed by atoms with Crippen molar-refractivity contribution in [1.29, 1.82) is 0 Å². The second kappa shape index (κ2) is 5.92. The van der Waals surface area contributed by atoms with E-state index in [9.17, 15) is 9.50 Å². The van der Waals surface area contributed by atoms with Crippen LogP contribution in [0.3, 0.4) is 0 Å². The molecule has 106 valence electrons. The summed E-state index contributed by atoms with van der Waals surface area (Å²) < 4.78 is 13.1. The SMILES string of the molecule is Cc1cccc(NCC(O)c2ccc(F)c(N)c2)c1C. The summed E-state index contributed by atoms with van der Waals surface area (Å²) in [5.74, 6) is -0.469. The van der Waals surface area contributed by atoms with Gasteiger partial charge < -0.3 is 16.2 Å². The Morgan fingerprint density at radius 3 is 2.70 bits per heavy atom. The zero-order valence-corrected chi connectivity index (χ0v) is 11.7. The van der Waals surface area contributed by atoms with Gasteiger partial charge in [-0.15, -0.1) is 0 Å². The fourth-order valence-electron chi connectivity index (χ4n) is 2.04. The number of benzene rings is 2. The molecule has 0 saturated heterocycles. The minimum atomic E-state index is -0.738. The fraction of sp³-hybridized carbons (Fsp3) is 0.250. The number of nitrogens with two attached hydrogens (primary N) is 1. The first-order chi connectivity index (χ1) is 9.49. The first-order valence-electron chi connectivity index (χ1n) is 6.52. The molecular formula is C16H19FN2O. The highest BCUT2D eigenvalue weighted by molar-refractivity contribution is 5.54. The second-order valence-electron chi connectivity index (χ2n) is 4.93. The van der Waals surface area contributed by atoms with Gasteiger partial charge in [0.05, 0.1) is 11.8 Å². The van der Waals surface area contributed by atoms with Crippen LogP contribution in [0.5, 0.6) is 0 Å². The average molecular weight is 274 g/mol. The number of nitrogens with one attached hydrogen (secondary N) is 1. The number of hydrogen-bond donors (Lipinski definition) is 3. The highest BCUT2D eigenvalue weighted by Gasteiger charge is 2.10. The topological polar surface area (TPSA) is 58.3 Å². The Morgan fingerprint density at radius 1 is 1.25 bits per heavy atom. The molecule has 0 bridgehead atoms. The number of anilines is 2. The Kier molecular flexibility index (Phi) is 4.25. The van der Waals surface area contributed by atoms with Gasteiger partial charge in [-0.3, -0.25) is 0 Å². The van der Waals surface area contributed by atoms with Crippen molar-refractivity contribution in [3.05, 3.63) is 58.9 Å². The van der Waals surface area contributed by atoms with Gasteiger partial charge >= 0.3 is 0 Å². The van der Waals surface area contributed by atoms with E-state index < -0.39 is 11.9 Å². The van der Waals surface area contributed by atoms with E-state index in [1.54, 1.807) is 6.07 Å². The number of rotatable bonds is 4. The van der Waals surface area contributed by atoms with Gasteiger partial charge in [-0.05, 0) is 48.7 Å². The molecule has 0 aliphatic heterocycles. The van der Waals surface area contributed by atoms with E-state index in [0.717, 1.165) is 11.3 Å². The van der Waals surface area contributed by atoms with Crippen LogP contribution < -0.4 is 11.1 Å². The molecule has 0 fully saturated rings. The second-order valence-corrected chi connectivity index (χ2v) is 4.93. The van der Waals surface area contributed by atoms with Gasteiger partial charge in [0.15, 0.2) is 0 Å². The van der Waals surface area contributed by atoms with Crippen LogP contribution in [0.1, 0.15) is 22.8 Å². The van der Waals surface area contributed by atoms with Crippen molar-refractivity contribution in [2.45, 2.75) is 20.0 Å². The zero-order valence-electron chi connectivity index (χ0n) is 11.7. The van der Waals surface area contributed by atoms with Crippen molar-refractivity contribution >= 4 is 11.4 Å². The number of halogens is 1. The highest BCUT2D eigenvalue weighted by Crippen LogP contribution is 2.21. The van der Waals surface area contributed by atoms with E-state index in [-0.39, 0.29) is 5.69 Å². The predicted octanol–water partition coefficient (Wildman–Crippen LogP) is 3.17. The van der Waals surface area contributed by atoms with Crippen molar-refractivity contribution in [2.75, 3.05) is 17.6 Å². The van der Waals surface area contributed by atoms with Crippen LogP contribution >= 0.6 is 0 Å². The quantitative estimate of drug-likeness (QED) is 0.751. The summed E-state index contributed by atoms with van der Waals surface area (Å²) in [7, 11) is 0. The predicted molar refractivity (Wildman–Crippen MR) is 80.2 cm³/mol. The molecule has 0 spiro atoms. The Bertz CT molecular complexity index is 613. The van der Waals surface area contributed by atoms with E-state index in [1.807, 2.05) is 32.0 Å². The van der Waals surface area contributed by atoms with Gasteiger partial charge in [-0.25, -0.2) is 4.39 Å². The monoisotopic (exact) mass is 274 g/mol. The molecule has 20 heavy (non-hydrogen) atoms. The summed E-state index contributed by atoms with van der Waals surface area (Å²) in [6.07, 6.45) is -0.738. The standard InChI is InChI=1S/C16H19FN2O/c1-10-4-3-5-15(11(10)2)19-9-16(20)12-6-7-13(17)14(18)8-12/h3-8,16,19-20H,9,18H2,1-2H3. The van der Waals surface area contributed by atoms with Crippen LogP contribution in [-0.4, -0.2) is 11.7 Å². The lowest BCUT2D eigenvalue weighted by Crippen LogP contribution is -2.13. The lowest BCUT2D eigenvalue weighted by molar-refractivity contribution is 0.191. The van der Waals surface area contributed by atoms with Crippen molar-refractivity contribution in [3.63, 3.8) is 0 Å². The van der Waals surface area contributed by atoms with Crippen LogP contribution in [-0.2, 0) is 0 Å². The van der Waals surface area contributed by atoms with Gasteiger partial charge in [0.1, 0.15) is 5.82 Å². The summed E-state index contributed by atoms with van der Waals surface area (Å²) in [4.78, 5) is 0. The smallest absolute Gasteiger partial charge is 0.146 e. The summed E-state index contributed by atoms with van der Waals surface area (Å²) in [5.41, 5.74) is 9.48. The summed E-state index contributed by atoms with van der Waals surface area (Å²) in [6, 6.07) is 10.2. The third kappa shape index (κ3) is 3.08. The normalized spacial score (nSPS) is 12.2. The third-order valence-corrected chi connectivity index (χ3v) is 3.50. The molecule has 0 amide bonds. The number of hydrogen-bond acceptors (Lipinski definition) is 3. The zero-order chi connectivity index (χ0) is 14.7. The van der Waals surface area contributed by atoms with Gasteiger partial charge in [0.25, 0.3) is 0 Å². The summed E-state index contributed by atoms with van der Waals surface area (Å²) in [6.45, 7) is 4.41. The van der Waals surface area contributed by atoms with Crippen molar-refractivity contribution in [3.8, 4) is 0 Å². The minimum absolute atomic E-state index is 0.0493. The first-order valence-corrected chi connectivity index (χ1v) is 6.52. The third-order valence-electron chi connectivity index (χ3n) is 3.50. The lowest BCUT2D eigenvalue weighted by Gasteiger charge is -2.16. The molecule has 0 aromatic heterocycles. The summed E-state index contributed by atoms with van der Waals surface area (Å²) >= 11 is 0. The molecule has 0 saturated carbocycles. The number of aryl methyl sites for hydroxylation is 1. The first kappa shape index (κ1) is 14.3. The average Bonchev–Trinajstić information content (AvgIpc) is 2.43. The molecule has 1 unspecified atom stereocenters. The molecule has 3 nitrogen and oxygen atoms in total. The Labute approximate surface area is 118 Å². The maximum Gasteiger partial charge on any atom is 0.146 e. The van der Waals surface area contributed by atoms with Crippen LogP contribution in [0, 0.1) is 19.7 Å². The highest BCUT2D eigenvalue weighted by atomic mass is 19.1. The van der Waals surface area contributed by atoms with Crippen molar-refractivity contribution in [2.24, 2.45) is 0 Å². The van der Waals surface area contributed by atoms with Crippen LogP contribution in [0.25, 0.3) is 0 Å². The molecule has 0 heterocycles. The Morgan fingerprint density at radius 2 is 2.00 bits per heavy atom. The van der Waals surface area contributed by atoms with Crippen LogP contribution in [0.2, 0.25) is 0 Å². The van der Waals surface area contributed by atoms with E-state index in [4.69, 9.17) is 5.73 Å². The lowest BCUT2D eigenvalue weighted by atomic mass is 10.1. The Hall–Kier alpha value is -2.07. The van der Waals surface area contributed by atoms with E-state index >= 15 is 0 Å². The number of nitrogen functional groups attached to an aromatic ring is 1. The number of aliphatic hydroxyl groups excluding tert-OH is 1. The largest absolute Gasteiger partial charge is 0.396 e. The van der Waals surface area contributed by atoms with Crippen LogP contribution in [0.15, 0.2) is 36.4 Å². The molecular weight excluding hydrogens is 255 g/mol. The van der Waals surface area contributed by atoms with Crippen molar-refractivity contribution < 1.29 is 9.50 Å². The van der Waals surface area contributed by atoms with E-state index in [2.05, 4.69) is 5.32 Å². The molecule has 0 aliphatic rings. The molecule has 2 aromatic carbocycles. The van der Waals surface area contributed by atoms with E-state index in [1.165, 1.54) is 17.7 Å². The van der Waals surface area contributed by atoms with Gasteiger partial charge in [0, 0.05) is 12.2 Å². The summed E-state index contributed by atoms with van der Waals surface area (Å²) in [5, 5.41) is 13.3. The molecule has 4 N–H and O–H groups in total. The van der Waals surface area contributed by atoms with Crippen molar-refractivity contribution in [1.82, 2.24) is 0 Å². The van der Waals surface area contributed by atoms with E-state index in [0.29, 0.717) is 12.1 Å². The Balaban J connectivity index is 2.06. The number of aliphatic hydroxyl groups is 1. The van der Waals surface area contributed by atoms with Crippen LogP contribution in [0.4, 0.5) is 15.8 Å².